The van der Waals surface area contributed by atoms with Crippen LogP contribution in [-0.4, -0.2) is 53.3 Å². The van der Waals surface area contributed by atoms with Crippen LogP contribution in [0.3, 0.4) is 0 Å². The molecule has 0 saturated carbocycles. The van der Waals surface area contributed by atoms with Crippen molar-refractivity contribution in [2.75, 3.05) is 19.7 Å². The van der Waals surface area contributed by atoms with E-state index in [1.165, 1.54) is 0 Å². The van der Waals surface area contributed by atoms with Gasteiger partial charge in [0.2, 0.25) is 0 Å². The second-order valence-corrected chi connectivity index (χ2v) is 7.84. The van der Waals surface area contributed by atoms with E-state index in [4.69, 9.17) is 16.3 Å². The van der Waals surface area contributed by atoms with E-state index in [-0.39, 0.29) is 18.1 Å². The standard InChI is InChI=1S/C18H25ClN4O2S/c1-3-12-9-14(21-17(12)19)18(24)22-13-5-7-23(10-15(13)25-4-2)11-16-20-6-8-26-16/h6,8,13,15H,3-5,7,9-11H2,1-2H3,(H,22,24)/t13-,15+/m1/s1. The van der Waals surface area contributed by atoms with Crippen molar-refractivity contribution in [3.8, 4) is 0 Å². The number of carbonyl (C=O) groups is 1. The maximum atomic E-state index is 12.6. The van der Waals surface area contributed by atoms with E-state index < -0.39 is 0 Å². The fourth-order valence-electron chi connectivity index (χ4n) is 3.36. The average Bonchev–Trinajstić information content (AvgIpc) is 3.26. The van der Waals surface area contributed by atoms with E-state index in [9.17, 15) is 4.79 Å². The van der Waals surface area contributed by atoms with Gasteiger partial charge in [-0.15, -0.1) is 11.3 Å². The molecule has 3 rings (SSSR count). The van der Waals surface area contributed by atoms with E-state index in [2.05, 4.69) is 20.2 Å². The first-order valence-electron chi connectivity index (χ1n) is 9.09. The van der Waals surface area contributed by atoms with Crippen LogP contribution < -0.4 is 5.32 Å². The zero-order chi connectivity index (χ0) is 18.5. The van der Waals surface area contributed by atoms with Crippen molar-refractivity contribution in [2.24, 2.45) is 4.99 Å². The Balaban J connectivity index is 1.57. The number of likely N-dealkylation sites (tertiary alicyclic amines) is 1. The molecule has 1 fully saturated rings. The van der Waals surface area contributed by atoms with Crippen molar-refractivity contribution in [1.29, 1.82) is 0 Å². The molecular formula is C18H25ClN4O2S. The lowest BCUT2D eigenvalue weighted by Crippen LogP contribution is -2.55. The second kappa shape index (κ2) is 9.08. The van der Waals surface area contributed by atoms with Crippen molar-refractivity contribution < 1.29 is 9.53 Å². The molecular weight excluding hydrogens is 372 g/mol. The van der Waals surface area contributed by atoms with E-state index in [1.54, 1.807) is 11.3 Å². The quantitative estimate of drug-likeness (QED) is 0.719. The molecule has 142 valence electrons. The molecule has 0 radical (unpaired) electrons. The Morgan fingerprint density at radius 1 is 1.50 bits per heavy atom. The van der Waals surface area contributed by atoms with Gasteiger partial charge < -0.3 is 10.1 Å². The first-order valence-corrected chi connectivity index (χ1v) is 10.3. The highest BCUT2D eigenvalue weighted by atomic mass is 35.5. The zero-order valence-corrected chi connectivity index (χ0v) is 16.8. The Labute approximate surface area is 163 Å². The third-order valence-electron chi connectivity index (χ3n) is 4.78. The van der Waals surface area contributed by atoms with Crippen LogP contribution >= 0.6 is 22.9 Å². The lowest BCUT2D eigenvalue weighted by atomic mass is 10.0. The molecule has 0 unspecified atom stereocenters. The Bertz CT molecular complexity index is 689. The Morgan fingerprint density at radius 2 is 2.35 bits per heavy atom. The van der Waals surface area contributed by atoms with Crippen molar-refractivity contribution in [3.05, 3.63) is 27.3 Å². The van der Waals surface area contributed by atoms with E-state index in [1.807, 2.05) is 25.4 Å². The summed E-state index contributed by atoms with van der Waals surface area (Å²) in [4.78, 5) is 23.5. The van der Waals surface area contributed by atoms with Crippen LogP contribution in [0.15, 0.2) is 27.3 Å². The summed E-state index contributed by atoms with van der Waals surface area (Å²) >= 11 is 7.77. The zero-order valence-electron chi connectivity index (χ0n) is 15.2. The van der Waals surface area contributed by atoms with Gasteiger partial charge in [-0.1, -0.05) is 18.5 Å². The Hall–Kier alpha value is -1.28. The van der Waals surface area contributed by atoms with Gasteiger partial charge in [0, 0.05) is 37.7 Å². The van der Waals surface area contributed by atoms with Gasteiger partial charge in [0.05, 0.1) is 18.7 Å². The first kappa shape index (κ1) is 19.5. The lowest BCUT2D eigenvalue weighted by Gasteiger charge is -2.38. The number of carbonyl (C=O) groups excluding carboxylic acids is 1. The normalized spacial score (nSPS) is 24.0. The fraction of sp³-hybridized carbons (Fsp3) is 0.611. The minimum absolute atomic E-state index is 0.0119. The molecule has 1 saturated heterocycles. The topological polar surface area (TPSA) is 66.8 Å². The largest absolute Gasteiger partial charge is 0.375 e. The smallest absolute Gasteiger partial charge is 0.266 e. The molecule has 1 aromatic heterocycles. The molecule has 1 aromatic rings. The van der Waals surface area contributed by atoms with Gasteiger partial charge in [0.1, 0.15) is 15.9 Å². The van der Waals surface area contributed by atoms with Crippen LogP contribution in [0.5, 0.6) is 0 Å². The molecule has 2 atom stereocenters. The van der Waals surface area contributed by atoms with Gasteiger partial charge in [-0.2, -0.15) is 0 Å². The van der Waals surface area contributed by atoms with Crippen LogP contribution in [0.4, 0.5) is 0 Å². The Morgan fingerprint density at radius 3 is 3.00 bits per heavy atom. The molecule has 0 aromatic carbocycles. The van der Waals surface area contributed by atoms with E-state index >= 15 is 0 Å². The molecule has 1 amide bonds. The van der Waals surface area contributed by atoms with Gasteiger partial charge in [0.25, 0.3) is 5.91 Å². The molecule has 6 nitrogen and oxygen atoms in total. The average molecular weight is 397 g/mol. The molecule has 2 aliphatic rings. The Kier molecular flexibility index (Phi) is 6.80. The van der Waals surface area contributed by atoms with Crippen molar-refractivity contribution >= 4 is 34.6 Å². The van der Waals surface area contributed by atoms with Crippen molar-refractivity contribution in [3.63, 3.8) is 0 Å². The van der Waals surface area contributed by atoms with Crippen LogP contribution in [0, 0.1) is 0 Å². The molecule has 26 heavy (non-hydrogen) atoms. The number of hydrogen-bond donors (Lipinski definition) is 1. The third-order valence-corrected chi connectivity index (χ3v) is 5.89. The summed E-state index contributed by atoms with van der Waals surface area (Å²) in [6.45, 7) is 7.14. The van der Waals surface area contributed by atoms with Gasteiger partial charge in [-0.25, -0.2) is 9.98 Å². The molecule has 1 N–H and O–H groups in total. The van der Waals surface area contributed by atoms with Crippen LogP contribution in [0.1, 0.15) is 38.1 Å². The van der Waals surface area contributed by atoms with Crippen LogP contribution in [-0.2, 0) is 16.1 Å². The SMILES string of the molecule is CCO[C@H]1CN(Cc2nccs2)CC[C@H]1NC(=O)C1=NC(Cl)=C(CC)C1. The highest BCUT2D eigenvalue weighted by Gasteiger charge is 2.32. The molecule has 0 spiro atoms. The third kappa shape index (κ3) is 4.71. The number of rotatable bonds is 7. The number of amides is 1. The second-order valence-electron chi connectivity index (χ2n) is 6.51. The number of nitrogens with one attached hydrogen (secondary N) is 1. The summed E-state index contributed by atoms with van der Waals surface area (Å²) in [5.74, 6) is -0.130. The van der Waals surface area contributed by atoms with E-state index in [0.717, 1.165) is 43.1 Å². The highest BCUT2D eigenvalue weighted by Crippen LogP contribution is 2.26. The monoisotopic (exact) mass is 396 g/mol. The number of aromatic nitrogens is 1. The summed E-state index contributed by atoms with van der Waals surface area (Å²) in [6, 6.07) is -0.0119. The highest BCUT2D eigenvalue weighted by molar-refractivity contribution is 7.09. The number of halogens is 1. The summed E-state index contributed by atoms with van der Waals surface area (Å²) in [5, 5.41) is 6.69. The summed E-state index contributed by atoms with van der Waals surface area (Å²) in [7, 11) is 0. The van der Waals surface area contributed by atoms with Gasteiger partial charge in [-0.05, 0) is 25.3 Å². The fourth-order valence-corrected chi connectivity index (χ4v) is 4.32. The first-order chi connectivity index (χ1) is 12.6. The van der Waals surface area contributed by atoms with E-state index in [0.29, 0.717) is 23.9 Å². The number of allylic oxidation sites excluding steroid dienone is 1. The number of thiazole rings is 1. The summed E-state index contributed by atoms with van der Waals surface area (Å²) in [5.41, 5.74) is 1.53. The number of nitrogens with zero attached hydrogens (tertiary/aromatic N) is 3. The van der Waals surface area contributed by atoms with Gasteiger partial charge >= 0.3 is 0 Å². The summed E-state index contributed by atoms with van der Waals surface area (Å²) < 4.78 is 5.92. The predicted molar refractivity (Wildman–Crippen MR) is 105 cm³/mol. The maximum Gasteiger partial charge on any atom is 0.266 e. The molecule has 3 heterocycles. The number of hydrogen-bond acceptors (Lipinski definition) is 6. The predicted octanol–water partition coefficient (Wildman–Crippen LogP) is 2.94. The maximum absolute atomic E-state index is 12.6. The number of aliphatic imine (C=N–C) groups is 1. The number of piperidine rings is 1. The molecule has 2 aliphatic heterocycles. The number of ether oxygens (including phenoxy) is 1. The minimum Gasteiger partial charge on any atom is -0.375 e. The van der Waals surface area contributed by atoms with Crippen molar-refractivity contribution in [1.82, 2.24) is 15.2 Å². The molecule has 0 bridgehead atoms. The molecule has 0 aliphatic carbocycles. The lowest BCUT2D eigenvalue weighted by molar-refractivity contribution is -0.117. The van der Waals surface area contributed by atoms with Gasteiger partial charge in [0.15, 0.2) is 0 Å². The molecule has 8 heteroatoms. The summed E-state index contributed by atoms with van der Waals surface area (Å²) in [6.07, 6.45) is 4.00. The van der Waals surface area contributed by atoms with Crippen LogP contribution in [0.25, 0.3) is 0 Å². The minimum atomic E-state index is -0.130. The van der Waals surface area contributed by atoms with Gasteiger partial charge in [-0.3, -0.25) is 9.69 Å². The van der Waals surface area contributed by atoms with Crippen molar-refractivity contribution in [2.45, 2.75) is 51.8 Å². The van der Waals surface area contributed by atoms with Crippen LogP contribution in [0.2, 0.25) is 0 Å².